The number of aryl methyl sites for hydroxylation is 1. The number of nitrogens with zero attached hydrogens (tertiary/aromatic N) is 2. The summed E-state index contributed by atoms with van der Waals surface area (Å²) in [6.45, 7) is 0. The van der Waals surface area contributed by atoms with E-state index in [0.717, 1.165) is 11.0 Å². The fraction of sp³-hybridized carbons (Fsp3) is 0.200. The Morgan fingerprint density at radius 2 is 2.36 bits per heavy atom. The Bertz CT molecular complexity index is 488. The van der Waals surface area contributed by atoms with Gasteiger partial charge in [0.25, 0.3) is 0 Å². The van der Waals surface area contributed by atoms with Crippen LogP contribution in [0, 0.1) is 0 Å². The van der Waals surface area contributed by atoms with Crippen molar-refractivity contribution in [3.8, 4) is 0 Å². The Hall–Kier alpha value is -1.84. The maximum absolute atomic E-state index is 11.3. The minimum Gasteiger partial charge on any atom is -0.464 e. The third-order valence-corrected chi connectivity index (χ3v) is 2.18. The Kier molecular flexibility index (Phi) is 1.96. The second kappa shape index (κ2) is 3.14. The summed E-state index contributed by atoms with van der Waals surface area (Å²) in [5.41, 5.74) is 1.30. The topological polar surface area (TPSA) is 44.1 Å². The molecule has 0 radical (unpaired) electrons. The highest BCUT2D eigenvalue weighted by atomic mass is 16.5. The van der Waals surface area contributed by atoms with E-state index < -0.39 is 0 Å². The lowest BCUT2D eigenvalue weighted by molar-refractivity contribution is 0.0590. The highest BCUT2D eigenvalue weighted by Gasteiger charge is 2.13. The van der Waals surface area contributed by atoms with Gasteiger partial charge in [0, 0.05) is 18.6 Å². The minimum atomic E-state index is -0.342. The molecule has 2 aromatic heterocycles. The molecule has 2 rings (SSSR count). The van der Waals surface area contributed by atoms with Crippen LogP contribution in [0.15, 0.2) is 24.4 Å². The van der Waals surface area contributed by atoms with E-state index in [9.17, 15) is 4.79 Å². The molecule has 0 N–H and O–H groups in total. The maximum Gasteiger partial charge on any atom is 0.354 e. The molecule has 0 unspecified atom stereocenters. The van der Waals surface area contributed by atoms with Crippen molar-refractivity contribution in [3.05, 3.63) is 30.1 Å². The number of methoxy groups -OCH3 is 1. The number of pyridine rings is 1. The van der Waals surface area contributed by atoms with Gasteiger partial charge in [-0.25, -0.2) is 9.78 Å². The Morgan fingerprint density at radius 3 is 3.00 bits per heavy atom. The summed E-state index contributed by atoms with van der Waals surface area (Å²) in [5, 5.41) is 0.940. The van der Waals surface area contributed by atoms with Crippen LogP contribution < -0.4 is 0 Å². The van der Waals surface area contributed by atoms with Crippen molar-refractivity contribution in [1.29, 1.82) is 0 Å². The number of carbonyl (C=O) groups is 1. The molecule has 0 fully saturated rings. The molecule has 0 atom stereocenters. The number of carbonyl (C=O) groups excluding carboxylic acids is 1. The third-order valence-electron chi connectivity index (χ3n) is 2.18. The second-order valence-electron chi connectivity index (χ2n) is 3.00. The summed E-state index contributed by atoms with van der Waals surface area (Å²) in [7, 11) is 3.16. The van der Waals surface area contributed by atoms with Crippen LogP contribution in [-0.4, -0.2) is 22.6 Å². The average Bonchev–Trinajstić information content (AvgIpc) is 2.56. The molecule has 0 aromatic carbocycles. The van der Waals surface area contributed by atoms with Gasteiger partial charge in [0.2, 0.25) is 0 Å². The van der Waals surface area contributed by atoms with Crippen LogP contribution in [-0.2, 0) is 11.8 Å². The zero-order chi connectivity index (χ0) is 10.1. The quantitative estimate of drug-likeness (QED) is 0.638. The molecule has 0 spiro atoms. The predicted molar refractivity (Wildman–Crippen MR) is 52.1 cm³/mol. The van der Waals surface area contributed by atoms with Crippen LogP contribution in [0.25, 0.3) is 11.0 Å². The molecule has 0 saturated heterocycles. The van der Waals surface area contributed by atoms with E-state index in [1.807, 2.05) is 12.1 Å². The van der Waals surface area contributed by atoms with E-state index in [0.29, 0.717) is 5.69 Å². The molecule has 0 aliphatic carbocycles. The first-order chi connectivity index (χ1) is 6.74. The van der Waals surface area contributed by atoms with Crippen molar-refractivity contribution in [2.75, 3.05) is 7.11 Å². The third kappa shape index (κ3) is 1.16. The van der Waals surface area contributed by atoms with Crippen LogP contribution in [0.5, 0.6) is 0 Å². The first-order valence-corrected chi connectivity index (χ1v) is 4.23. The van der Waals surface area contributed by atoms with E-state index in [2.05, 4.69) is 9.72 Å². The van der Waals surface area contributed by atoms with Gasteiger partial charge in [-0.3, -0.25) is 0 Å². The van der Waals surface area contributed by atoms with Gasteiger partial charge in [-0.1, -0.05) is 0 Å². The van der Waals surface area contributed by atoms with Gasteiger partial charge in [0.1, 0.15) is 11.3 Å². The van der Waals surface area contributed by atoms with Crippen molar-refractivity contribution < 1.29 is 9.53 Å². The molecular weight excluding hydrogens is 180 g/mol. The minimum absolute atomic E-state index is 0.342. The van der Waals surface area contributed by atoms with Crippen molar-refractivity contribution >= 4 is 17.0 Å². The van der Waals surface area contributed by atoms with Gasteiger partial charge < -0.3 is 9.30 Å². The summed E-state index contributed by atoms with van der Waals surface area (Å²) >= 11 is 0. The molecule has 14 heavy (non-hydrogen) atoms. The summed E-state index contributed by atoms with van der Waals surface area (Å²) in [4.78, 5) is 15.5. The van der Waals surface area contributed by atoms with Crippen LogP contribution >= 0.6 is 0 Å². The van der Waals surface area contributed by atoms with E-state index >= 15 is 0 Å². The predicted octanol–water partition coefficient (Wildman–Crippen LogP) is 1.36. The molecule has 0 saturated carbocycles. The zero-order valence-electron chi connectivity index (χ0n) is 8.02. The van der Waals surface area contributed by atoms with Gasteiger partial charge in [0.05, 0.1) is 7.11 Å². The number of aromatic nitrogens is 2. The number of esters is 1. The number of hydrogen-bond donors (Lipinski definition) is 0. The van der Waals surface area contributed by atoms with E-state index in [-0.39, 0.29) is 5.97 Å². The van der Waals surface area contributed by atoms with Gasteiger partial charge in [0.15, 0.2) is 0 Å². The molecule has 4 nitrogen and oxygen atoms in total. The first-order valence-electron chi connectivity index (χ1n) is 4.23. The molecule has 2 aromatic rings. The molecule has 0 bridgehead atoms. The van der Waals surface area contributed by atoms with Crippen molar-refractivity contribution in [3.63, 3.8) is 0 Å². The molecule has 72 valence electrons. The van der Waals surface area contributed by atoms with Crippen molar-refractivity contribution in [2.24, 2.45) is 7.05 Å². The summed E-state index contributed by atoms with van der Waals surface area (Å²) in [6.07, 6.45) is 1.70. The summed E-state index contributed by atoms with van der Waals surface area (Å²) in [5.74, 6) is -0.342. The van der Waals surface area contributed by atoms with Crippen LogP contribution in [0.4, 0.5) is 0 Å². The maximum atomic E-state index is 11.3. The summed E-state index contributed by atoms with van der Waals surface area (Å²) < 4.78 is 6.38. The zero-order valence-corrected chi connectivity index (χ0v) is 8.02. The van der Waals surface area contributed by atoms with Gasteiger partial charge in [-0.15, -0.1) is 0 Å². The van der Waals surface area contributed by atoms with E-state index in [1.165, 1.54) is 7.11 Å². The first kappa shape index (κ1) is 8.74. The highest BCUT2D eigenvalue weighted by Crippen LogP contribution is 2.16. The molecule has 0 aliphatic rings. The van der Waals surface area contributed by atoms with Crippen LogP contribution in [0.2, 0.25) is 0 Å². The second-order valence-corrected chi connectivity index (χ2v) is 3.00. The number of ether oxygens (including phenoxy) is 1. The SMILES string of the molecule is COC(=O)c1cc2cccnc2n1C. The van der Waals surface area contributed by atoms with Gasteiger partial charge in [-0.2, -0.15) is 0 Å². The highest BCUT2D eigenvalue weighted by molar-refractivity contribution is 5.94. The lowest BCUT2D eigenvalue weighted by atomic mass is 10.3. The van der Waals surface area contributed by atoms with Gasteiger partial charge >= 0.3 is 5.97 Å². The number of fused-ring (bicyclic) bond motifs is 1. The lowest BCUT2D eigenvalue weighted by Crippen LogP contribution is -2.07. The van der Waals surface area contributed by atoms with Crippen LogP contribution in [0.3, 0.4) is 0 Å². The monoisotopic (exact) mass is 190 g/mol. The standard InChI is InChI=1S/C10H10N2O2/c1-12-8(10(13)14-2)6-7-4-3-5-11-9(7)12/h3-6H,1-2H3. The van der Waals surface area contributed by atoms with E-state index in [4.69, 9.17) is 0 Å². The fourth-order valence-corrected chi connectivity index (χ4v) is 1.46. The van der Waals surface area contributed by atoms with Crippen molar-refractivity contribution in [2.45, 2.75) is 0 Å². The molecule has 0 aliphatic heterocycles. The largest absolute Gasteiger partial charge is 0.464 e. The average molecular weight is 190 g/mol. The Balaban J connectivity index is 2.68. The molecule has 0 amide bonds. The molecule has 2 heterocycles. The normalized spacial score (nSPS) is 10.4. The Labute approximate surface area is 81.1 Å². The fourth-order valence-electron chi connectivity index (χ4n) is 1.46. The van der Waals surface area contributed by atoms with E-state index in [1.54, 1.807) is 23.9 Å². The van der Waals surface area contributed by atoms with Crippen molar-refractivity contribution in [1.82, 2.24) is 9.55 Å². The Morgan fingerprint density at radius 1 is 1.57 bits per heavy atom. The molecular formula is C10H10N2O2. The van der Waals surface area contributed by atoms with Gasteiger partial charge in [-0.05, 0) is 18.2 Å². The number of hydrogen-bond acceptors (Lipinski definition) is 3. The molecule has 4 heteroatoms. The lowest BCUT2D eigenvalue weighted by Gasteiger charge is -2.00. The smallest absolute Gasteiger partial charge is 0.354 e. The van der Waals surface area contributed by atoms with Crippen LogP contribution in [0.1, 0.15) is 10.5 Å². The summed E-state index contributed by atoms with van der Waals surface area (Å²) in [6, 6.07) is 5.52. The number of rotatable bonds is 1.